The van der Waals surface area contributed by atoms with Crippen LogP contribution in [0.2, 0.25) is 0 Å². The van der Waals surface area contributed by atoms with Crippen molar-refractivity contribution >= 4 is 15.9 Å². The van der Waals surface area contributed by atoms with Gasteiger partial charge >= 0.3 is 0 Å². The van der Waals surface area contributed by atoms with Gasteiger partial charge in [0, 0.05) is 16.9 Å². The number of nitrogens with one attached hydrogen (secondary N) is 1. The van der Waals surface area contributed by atoms with Crippen molar-refractivity contribution in [2.24, 2.45) is 0 Å². The minimum absolute atomic E-state index is 0.445. The summed E-state index contributed by atoms with van der Waals surface area (Å²) >= 11 is 3.60. The lowest BCUT2D eigenvalue weighted by Gasteiger charge is -2.16. The molecule has 1 N–H and O–H groups in total. The highest BCUT2D eigenvalue weighted by atomic mass is 79.9. The maximum absolute atomic E-state index is 3.60. The Balaban J connectivity index is 2.63. The average molecular weight is 294 g/mol. The number of hydrogen-bond acceptors (Lipinski definition) is 1. The Morgan fingerprint density at radius 2 is 2.12 bits per heavy atom. The van der Waals surface area contributed by atoms with Gasteiger partial charge in [0.05, 0.1) is 0 Å². The predicted molar refractivity (Wildman–Crippen MR) is 78.0 cm³/mol. The van der Waals surface area contributed by atoms with Crippen molar-refractivity contribution in [2.75, 3.05) is 6.54 Å². The van der Waals surface area contributed by atoms with E-state index < -0.39 is 0 Å². The van der Waals surface area contributed by atoms with E-state index in [1.165, 1.54) is 10.0 Å². The van der Waals surface area contributed by atoms with Gasteiger partial charge in [0.1, 0.15) is 0 Å². The zero-order valence-electron chi connectivity index (χ0n) is 10.6. The van der Waals surface area contributed by atoms with E-state index in [0.717, 1.165) is 25.8 Å². The second kappa shape index (κ2) is 8.33. The number of hydrogen-bond donors (Lipinski definition) is 1. The zero-order chi connectivity index (χ0) is 12.5. The van der Waals surface area contributed by atoms with Gasteiger partial charge < -0.3 is 5.32 Å². The van der Waals surface area contributed by atoms with Crippen LogP contribution in [0.15, 0.2) is 28.7 Å². The third-order valence-electron chi connectivity index (χ3n) is 2.63. The van der Waals surface area contributed by atoms with Gasteiger partial charge in [-0.3, -0.25) is 0 Å². The highest BCUT2D eigenvalue weighted by molar-refractivity contribution is 9.10. The van der Waals surface area contributed by atoms with Crippen molar-refractivity contribution in [1.82, 2.24) is 5.32 Å². The summed E-state index contributed by atoms with van der Waals surface area (Å²) < 4.78 is 1.19. The summed E-state index contributed by atoms with van der Waals surface area (Å²) in [5, 5.41) is 3.56. The van der Waals surface area contributed by atoms with Gasteiger partial charge in [-0.25, -0.2) is 0 Å². The standard InChI is InChI=1S/C15H20BrN/c1-3-5-9-14(17-11-4-2)12-13-8-6-7-10-15(13)16/h6-8,10,14,17H,4,9,11-12H2,1-2H3. The molecule has 0 fully saturated rings. The van der Waals surface area contributed by atoms with Gasteiger partial charge in [-0.1, -0.05) is 41.1 Å². The fraction of sp³-hybridized carbons (Fsp3) is 0.467. The van der Waals surface area contributed by atoms with Gasteiger partial charge in [-0.2, -0.15) is 0 Å². The maximum atomic E-state index is 3.60. The van der Waals surface area contributed by atoms with Crippen molar-refractivity contribution in [3.63, 3.8) is 0 Å². The van der Waals surface area contributed by atoms with Crippen molar-refractivity contribution in [2.45, 2.75) is 39.2 Å². The topological polar surface area (TPSA) is 12.0 Å². The van der Waals surface area contributed by atoms with E-state index >= 15 is 0 Å². The van der Waals surface area contributed by atoms with Crippen LogP contribution in [0.3, 0.4) is 0 Å². The third-order valence-corrected chi connectivity index (χ3v) is 3.41. The second-order valence-corrected chi connectivity index (χ2v) is 4.93. The molecule has 1 nitrogen and oxygen atoms in total. The quantitative estimate of drug-likeness (QED) is 0.787. The Morgan fingerprint density at radius 3 is 2.76 bits per heavy atom. The normalized spacial score (nSPS) is 11.7. The monoisotopic (exact) mass is 293 g/mol. The van der Waals surface area contributed by atoms with E-state index in [0.29, 0.717) is 6.04 Å². The van der Waals surface area contributed by atoms with Crippen LogP contribution < -0.4 is 5.32 Å². The van der Waals surface area contributed by atoms with Gasteiger partial charge in [0.15, 0.2) is 0 Å². The minimum Gasteiger partial charge on any atom is -0.313 e. The molecule has 0 spiro atoms. The van der Waals surface area contributed by atoms with E-state index in [1.807, 2.05) is 13.0 Å². The Labute approximate surface area is 113 Å². The van der Waals surface area contributed by atoms with E-state index in [4.69, 9.17) is 0 Å². The smallest absolute Gasteiger partial charge is 0.0246 e. The van der Waals surface area contributed by atoms with Crippen LogP contribution >= 0.6 is 15.9 Å². The van der Waals surface area contributed by atoms with Crippen LogP contribution in [0.25, 0.3) is 0 Å². The van der Waals surface area contributed by atoms with Crippen molar-refractivity contribution < 1.29 is 0 Å². The first-order chi connectivity index (χ1) is 8.27. The Kier molecular flexibility index (Phi) is 7.00. The molecule has 1 atom stereocenters. The predicted octanol–water partition coefficient (Wildman–Crippen LogP) is 3.77. The molecule has 1 rings (SSSR count). The first-order valence-corrected chi connectivity index (χ1v) is 6.93. The summed E-state index contributed by atoms with van der Waals surface area (Å²) in [5.41, 5.74) is 1.35. The molecule has 92 valence electrons. The van der Waals surface area contributed by atoms with Crippen molar-refractivity contribution in [3.8, 4) is 11.8 Å². The number of rotatable bonds is 6. The lowest BCUT2D eigenvalue weighted by molar-refractivity contribution is 0.516. The maximum Gasteiger partial charge on any atom is 0.0246 e. The summed E-state index contributed by atoms with van der Waals surface area (Å²) in [6.45, 7) is 5.14. The fourth-order valence-corrected chi connectivity index (χ4v) is 2.17. The lowest BCUT2D eigenvalue weighted by atomic mass is 10.0. The molecule has 0 aromatic heterocycles. The van der Waals surface area contributed by atoms with Crippen LogP contribution in [0, 0.1) is 11.8 Å². The number of benzene rings is 1. The van der Waals surface area contributed by atoms with Crippen molar-refractivity contribution in [3.05, 3.63) is 34.3 Å². The second-order valence-electron chi connectivity index (χ2n) is 4.08. The van der Waals surface area contributed by atoms with Crippen LogP contribution in [0.5, 0.6) is 0 Å². The summed E-state index contributed by atoms with van der Waals surface area (Å²) in [6, 6.07) is 8.85. The van der Waals surface area contributed by atoms with Gasteiger partial charge in [0.25, 0.3) is 0 Å². The molecule has 17 heavy (non-hydrogen) atoms. The molecule has 0 aliphatic rings. The molecule has 0 saturated carbocycles. The number of halogens is 1. The molecule has 1 aromatic rings. The summed E-state index contributed by atoms with van der Waals surface area (Å²) in [6.07, 6.45) is 3.10. The molecule has 0 saturated heterocycles. The molecule has 0 aliphatic heterocycles. The van der Waals surface area contributed by atoms with Crippen LogP contribution in [0.1, 0.15) is 32.3 Å². The summed E-state index contributed by atoms with van der Waals surface area (Å²) in [4.78, 5) is 0. The molecular weight excluding hydrogens is 274 g/mol. The van der Waals surface area contributed by atoms with Gasteiger partial charge in [0.2, 0.25) is 0 Å². The molecular formula is C15H20BrN. The lowest BCUT2D eigenvalue weighted by Crippen LogP contribution is -2.31. The highest BCUT2D eigenvalue weighted by Gasteiger charge is 2.09. The van der Waals surface area contributed by atoms with E-state index in [1.54, 1.807) is 0 Å². The molecule has 0 amide bonds. The van der Waals surface area contributed by atoms with Crippen molar-refractivity contribution in [1.29, 1.82) is 0 Å². The molecule has 1 aromatic carbocycles. The first kappa shape index (κ1) is 14.3. The third kappa shape index (κ3) is 5.39. The average Bonchev–Trinajstić information content (AvgIpc) is 2.35. The summed E-state index contributed by atoms with van der Waals surface area (Å²) in [7, 11) is 0. The van der Waals surface area contributed by atoms with E-state index in [2.05, 4.69) is 58.2 Å². The largest absolute Gasteiger partial charge is 0.313 e. The Morgan fingerprint density at radius 1 is 1.35 bits per heavy atom. The molecule has 0 bridgehead atoms. The van der Waals surface area contributed by atoms with E-state index in [9.17, 15) is 0 Å². The molecule has 1 unspecified atom stereocenters. The SMILES string of the molecule is CC#CCC(Cc1ccccc1Br)NCCC. The van der Waals surface area contributed by atoms with Crippen LogP contribution in [0.4, 0.5) is 0 Å². The molecule has 2 heteroatoms. The molecule has 0 aliphatic carbocycles. The van der Waals surface area contributed by atoms with Gasteiger partial charge in [-0.05, 0) is 37.9 Å². The van der Waals surface area contributed by atoms with Crippen LogP contribution in [-0.4, -0.2) is 12.6 Å². The molecule has 0 heterocycles. The highest BCUT2D eigenvalue weighted by Crippen LogP contribution is 2.18. The Hall–Kier alpha value is -0.780. The fourth-order valence-electron chi connectivity index (χ4n) is 1.72. The summed E-state index contributed by atoms with van der Waals surface area (Å²) in [5.74, 6) is 6.14. The minimum atomic E-state index is 0.445. The zero-order valence-corrected chi connectivity index (χ0v) is 12.2. The molecule has 0 radical (unpaired) electrons. The van der Waals surface area contributed by atoms with E-state index in [-0.39, 0.29) is 0 Å². The van der Waals surface area contributed by atoms with Gasteiger partial charge in [-0.15, -0.1) is 11.8 Å². The first-order valence-electron chi connectivity index (χ1n) is 6.14. The Bertz CT molecular complexity index is 389. The van der Waals surface area contributed by atoms with Crippen LogP contribution in [-0.2, 0) is 6.42 Å².